The first-order valence-corrected chi connectivity index (χ1v) is 8.32. The van der Waals surface area contributed by atoms with Crippen LogP contribution in [0.4, 0.5) is 5.69 Å². The fourth-order valence-electron chi connectivity index (χ4n) is 3.13. The lowest BCUT2D eigenvalue weighted by molar-refractivity contribution is 0.168. The van der Waals surface area contributed by atoms with Crippen molar-refractivity contribution in [1.29, 1.82) is 0 Å². The molecule has 1 fully saturated rings. The molecule has 1 unspecified atom stereocenters. The van der Waals surface area contributed by atoms with Crippen LogP contribution in [-0.2, 0) is 6.54 Å². The highest BCUT2D eigenvalue weighted by atomic mass is 15.1. The van der Waals surface area contributed by atoms with Crippen LogP contribution in [-0.4, -0.2) is 44.7 Å². The van der Waals surface area contributed by atoms with Crippen molar-refractivity contribution in [2.45, 2.75) is 39.3 Å². The maximum Gasteiger partial charge on any atom is 0.0361 e. The third kappa shape index (κ3) is 4.72. The van der Waals surface area contributed by atoms with Crippen molar-refractivity contribution < 1.29 is 0 Å². The molecule has 0 radical (unpaired) electrons. The SMILES string of the molecule is CCN1CCC(C(C)NCc2ccc(N(C)C)cc2)CC1. The van der Waals surface area contributed by atoms with Gasteiger partial charge in [-0.25, -0.2) is 0 Å². The van der Waals surface area contributed by atoms with E-state index in [-0.39, 0.29) is 0 Å². The summed E-state index contributed by atoms with van der Waals surface area (Å²) in [7, 11) is 4.16. The maximum absolute atomic E-state index is 3.72. The minimum absolute atomic E-state index is 0.609. The second kappa shape index (κ2) is 7.81. The normalized spacial score (nSPS) is 18.7. The van der Waals surface area contributed by atoms with Crippen LogP contribution < -0.4 is 10.2 Å². The number of hydrogen-bond acceptors (Lipinski definition) is 3. The van der Waals surface area contributed by atoms with Gasteiger partial charge in [0, 0.05) is 32.4 Å². The predicted molar refractivity (Wildman–Crippen MR) is 91.9 cm³/mol. The Hall–Kier alpha value is -1.06. The highest BCUT2D eigenvalue weighted by Crippen LogP contribution is 2.21. The Morgan fingerprint density at radius 3 is 2.33 bits per heavy atom. The fourth-order valence-corrected chi connectivity index (χ4v) is 3.13. The molecule has 118 valence electrons. The summed E-state index contributed by atoms with van der Waals surface area (Å²) >= 11 is 0. The van der Waals surface area contributed by atoms with Crippen LogP contribution in [0.2, 0.25) is 0 Å². The monoisotopic (exact) mass is 289 g/mol. The van der Waals surface area contributed by atoms with E-state index >= 15 is 0 Å². The molecule has 1 N–H and O–H groups in total. The summed E-state index contributed by atoms with van der Waals surface area (Å²) in [4.78, 5) is 4.70. The highest BCUT2D eigenvalue weighted by Gasteiger charge is 2.22. The van der Waals surface area contributed by atoms with Crippen LogP contribution in [0.25, 0.3) is 0 Å². The van der Waals surface area contributed by atoms with Crippen LogP contribution in [0.5, 0.6) is 0 Å². The van der Waals surface area contributed by atoms with Crippen LogP contribution in [0.3, 0.4) is 0 Å². The zero-order valence-corrected chi connectivity index (χ0v) is 14.1. The smallest absolute Gasteiger partial charge is 0.0361 e. The van der Waals surface area contributed by atoms with Gasteiger partial charge in [0.25, 0.3) is 0 Å². The summed E-state index contributed by atoms with van der Waals surface area (Å²) in [5, 5.41) is 3.72. The molecule has 0 saturated carbocycles. The summed E-state index contributed by atoms with van der Waals surface area (Å²) < 4.78 is 0. The molecule has 2 rings (SSSR count). The number of rotatable bonds is 6. The first kappa shape index (κ1) is 16.3. The molecule has 1 saturated heterocycles. The molecule has 1 aromatic rings. The second-order valence-corrected chi connectivity index (χ2v) is 6.50. The number of piperidine rings is 1. The number of hydrogen-bond donors (Lipinski definition) is 1. The molecule has 3 heteroatoms. The molecule has 0 bridgehead atoms. The predicted octanol–water partition coefficient (Wildman–Crippen LogP) is 2.96. The first-order valence-electron chi connectivity index (χ1n) is 8.32. The van der Waals surface area contributed by atoms with Gasteiger partial charge in [-0.3, -0.25) is 0 Å². The molecule has 21 heavy (non-hydrogen) atoms. The van der Waals surface area contributed by atoms with Crippen molar-refractivity contribution in [1.82, 2.24) is 10.2 Å². The van der Waals surface area contributed by atoms with E-state index in [0.717, 1.165) is 12.5 Å². The van der Waals surface area contributed by atoms with Gasteiger partial charge < -0.3 is 15.1 Å². The molecule has 1 aliphatic rings. The summed E-state index contributed by atoms with van der Waals surface area (Å²) in [5.41, 5.74) is 2.64. The van der Waals surface area contributed by atoms with Crippen molar-refractivity contribution in [3.05, 3.63) is 29.8 Å². The van der Waals surface area contributed by atoms with Crippen molar-refractivity contribution in [2.75, 3.05) is 38.6 Å². The van der Waals surface area contributed by atoms with E-state index in [2.05, 4.69) is 67.3 Å². The third-order valence-electron chi connectivity index (χ3n) is 4.87. The molecule has 0 aromatic heterocycles. The van der Waals surface area contributed by atoms with Gasteiger partial charge in [-0.1, -0.05) is 19.1 Å². The molecular weight excluding hydrogens is 258 g/mol. The minimum atomic E-state index is 0.609. The lowest BCUT2D eigenvalue weighted by Gasteiger charge is -2.34. The lowest BCUT2D eigenvalue weighted by Crippen LogP contribution is -2.41. The Kier molecular flexibility index (Phi) is 6.07. The van der Waals surface area contributed by atoms with Crippen molar-refractivity contribution >= 4 is 5.69 Å². The van der Waals surface area contributed by atoms with Gasteiger partial charge in [0.1, 0.15) is 0 Å². The average Bonchev–Trinajstić information content (AvgIpc) is 2.53. The largest absolute Gasteiger partial charge is 0.378 e. The fraction of sp³-hybridized carbons (Fsp3) is 0.667. The molecule has 1 atom stereocenters. The number of likely N-dealkylation sites (tertiary alicyclic amines) is 1. The molecular formula is C18H31N3. The quantitative estimate of drug-likeness (QED) is 0.868. The van der Waals surface area contributed by atoms with Gasteiger partial charge >= 0.3 is 0 Å². The minimum Gasteiger partial charge on any atom is -0.378 e. The lowest BCUT2D eigenvalue weighted by atomic mass is 9.90. The Morgan fingerprint density at radius 2 is 1.81 bits per heavy atom. The Bertz CT molecular complexity index is 405. The van der Waals surface area contributed by atoms with Gasteiger partial charge in [-0.2, -0.15) is 0 Å². The Labute approximate surface area is 130 Å². The Morgan fingerprint density at radius 1 is 1.19 bits per heavy atom. The molecule has 0 amide bonds. The second-order valence-electron chi connectivity index (χ2n) is 6.50. The summed E-state index contributed by atoms with van der Waals surface area (Å²) in [5.74, 6) is 0.828. The van der Waals surface area contributed by atoms with Crippen LogP contribution in [0.1, 0.15) is 32.3 Å². The topological polar surface area (TPSA) is 18.5 Å². The van der Waals surface area contributed by atoms with E-state index in [9.17, 15) is 0 Å². The van der Waals surface area contributed by atoms with E-state index in [1.54, 1.807) is 0 Å². The van der Waals surface area contributed by atoms with E-state index < -0.39 is 0 Å². The average molecular weight is 289 g/mol. The van der Waals surface area contributed by atoms with Crippen molar-refractivity contribution in [3.8, 4) is 0 Å². The molecule has 1 aliphatic heterocycles. The van der Waals surface area contributed by atoms with Gasteiger partial charge in [0.15, 0.2) is 0 Å². The van der Waals surface area contributed by atoms with Gasteiger partial charge in [-0.05, 0) is 63.0 Å². The zero-order chi connectivity index (χ0) is 15.2. The maximum atomic E-state index is 3.72. The molecule has 3 nitrogen and oxygen atoms in total. The number of nitrogens with one attached hydrogen (secondary N) is 1. The van der Waals surface area contributed by atoms with Gasteiger partial charge in [0.2, 0.25) is 0 Å². The van der Waals surface area contributed by atoms with E-state index in [1.165, 1.54) is 43.7 Å². The highest BCUT2D eigenvalue weighted by molar-refractivity contribution is 5.45. The van der Waals surface area contributed by atoms with Crippen LogP contribution in [0.15, 0.2) is 24.3 Å². The number of anilines is 1. The number of benzene rings is 1. The standard InChI is InChI=1S/C18H31N3/c1-5-21-12-10-17(11-13-21)15(2)19-14-16-6-8-18(9-7-16)20(3)4/h6-9,15,17,19H,5,10-14H2,1-4H3. The van der Waals surface area contributed by atoms with Crippen molar-refractivity contribution in [3.63, 3.8) is 0 Å². The Balaban J connectivity index is 1.77. The van der Waals surface area contributed by atoms with E-state index in [0.29, 0.717) is 6.04 Å². The van der Waals surface area contributed by atoms with Crippen LogP contribution >= 0.6 is 0 Å². The molecule has 1 heterocycles. The van der Waals surface area contributed by atoms with E-state index in [4.69, 9.17) is 0 Å². The number of nitrogens with zero attached hydrogens (tertiary/aromatic N) is 2. The third-order valence-corrected chi connectivity index (χ3v) is 4.87. The van der Waals surface area contributed by atoms with Crippen molar-refractivity contribution in [2.24, 2.45) is 5.92 Å². The zero-order valence-electron chi connectivity index (χ0n) is 14.1. The molecule has 0 spiro atoms. The summed E-state index contributed by atoms with van der Waals surface area (Å²) in [6, 6.07) is 9.46. The van der Waals surface area contributed by atoms with Gasteiger partial charge in [0.05, 0.1) is 0 Å². The van der Waals surface area contributed by atoms with Crippen LogP contribution in [0, 0.1) is 5.92 Å². The van der Waals surface area contributed by atoms with E-state index in [1.807, 2.05) is 0 Å². The first-order chi connectivity index (χ1) is 10.1. The molecule has 1 aromatic carbocycles. The summed E-state index contributed by atoms with van der Waals surface area (Å²) in [6.45, 7) is 9.32. The summed E-state index contributed by atoms with van der Waals surface area (Å²) in [6.07, 6.45) is 2.67. The molecule has 0 aliphatic carbocycles. The van der Waals surface area contributed by atoms with Gasteiger partial charge in [-0.15, -0.1) is 0 Å².